The number of ether oxygens (including phenoxy) is 2. The number of tetrazole rings is 1. The SMILES string of the molecule is CCOc1cc(CN2CCC(Nc3ccc(-c4nn[nH]n4)cn3)CC2)ccc1OC. The largest absolute Gasteiger partial charge is 0.493 e. The van der Waals surface area contributed by atoms with Crippen molar-refractivity contribution in [3.63, 3.8) is 0 Å². The average molecular weight is 409 g/mol. The molecular formula is C21H27N7O2. The van der Waals surface area contributed by atoms with E-state index in [2.05, 4.69) is 48.0 Å². The second kappa shape index (κ2) is 9.53. The number of nitrogens with zero attached hydrogens (tertiary/aromatic N) is 5. The topological polar surface area (TPSA) is 101 Å². The Morgan fingerprint density at radius 1 is 1.17 bits per heavy atom. The van der Waals surface area contributed by atoms with E-state index < -0.39 is 0 Å². The molecule has 4 rings (SSSR count). The maximum atomic E-state index is 5.70. The second-order valence-corrected chi connectivity index (χ2v) is 7.28. The highest BCUT2D eigenvalue weighted by atomic mass is 16.5. The summed E-state index contributed by atoms with van der Waals surface area (Å²) >= 11 is 0. The summed E-state index contributed by atoms with van der Waals surface area (Å²) in [7, 11) is 1.67. The maximum absolute atomic E-state index is 5.70. The van der Waals surface area contributed by atoms with E-state index in [1.54, 1.807) is 13.3 Å². The number of likely N-dealkylation sites (tertiary alicyclic amines) is 1. The summed E-state index contributed by atoms with van der Waals surface area (Å²) in [5.41, 5.74) is 2.08. The Kier molecular flexibility index (Phi) is 6.38. The number of methoxy groups -OCH3 is 1. The quantitative estimate of drug-likeness (QED) is 0.586. The number of benzene rings is 1. The molecule has 1 fully saturated rings. The number of nitrogens with one attached hydrogen (secondary N) is 2. The van der Waals surface area contributed by atoms with Gasteiger partial charge in [-0.2, -0.15) is 5.21 Å². The van der Waals surface area contributed by atoms with Gasteiger partial charge in [0.1, 0.15) is 5.82 Å². The predicted octanol–water partition coefficient (Wildman–Crippen LogP) is 2.75. The Morgan fingerprint density at radius 2 is 2.03 bits per heavy atom. The molecule has 0 atom stereocenters. The molecule has 158 valence electrons. The summed E-state index contributed by atoms with van der Waals surface area (Å²) in [5, 5.41) is 17.5. The zero-order valence-corrected chi connectivity index (χ0v) is 17.3. The lowest BCUT2D eigenvalue weighted by Crippen LogP contribution is -2.38. The number of anilines is 1. The Bertz CT molecular complexity index is 923. The molecule has 2 N–H and O–H groups in total. The molecule has 3 aromatic rings. The zero-order chi connectivity index (χ0) is 20.8. The fraction of sp³-hybridized carbons (Fsp3) is 0.429. The van der Waals surface area contributed by atoms with E-state index >= 15 is 0 Å². The number of aromatic amines is 1. The first-order valence-corrected chi connectivity index (χ1v) is 10.2. The molecule has 0 aliphatic carbocycles. The Hall–Kier alpha value is -3.20. The lowest BCUT2D eigenvalue weighted by molar-refractivity contribution is 0.210. The molecule has 0 radical (unpaired) electrons. The number of piperidine rings is 1. The van der Waals surface area contributed by atoms with Crippen molar-refractivity contribution in [3.05, 3.63) is 42.1 Å². The van der Waals surface area contributed by atoms with Gasteiger partial charge in [-0.1, -0.05) is 6.07 Å². The van der Waals surface area contributed by atoms with Crippen molar-refractivity contribution in [3.8, 4) is 22.9 Å². The molecule has 1 aliphatic rings. The van der Waals surface area contributed by atoms with Crippen LogP contribution in [0.1, 0.15) is 25.3 Å². The highest BCUT2D eigenvalue weighted by Gasteiger charge is 2.20. The fourth-order valence-corrected chi connectivity index (χ4v) is 3.69. The normalized spacial score (nSPS) is 15.1. The molecule has 30 heavy (non-hydrogen) atoms. The molecule has 0 spiro atoms. The lowest BCUT2D eigenvalue weighted by Gasteiger charge is -2.32. The molecule has 2 aromatic heterocycles. The first kappa shape index (κ1) is 20.1. The van der Waals surface area contributed by atoms with Crippen LogP contribution in [0.5, 0.6) is 11.5 Å². The van der Waals surface area contributed by atoms with Gasteiger partial charge >= 0.3 is 0 Å². The van der Waals surface area contributed by atoms with Crippen LogP contribution in [-0.4, -0.2) is 63.4 Å². The molecule has 9 nitrogen and oxygen atoms in total. The Balaban J connectivity index is 1.28. The standard InChI is InChI=1S/C21H27N7O2/c1-3-30-19-12-15(4-6-18(19)29-2)14-28-10-8-17(9-11-28)23-20-7-5-16(13-22-20)21-24-26-27-25-21/h4-7,12-13,17H,3,8-11,14H2,1-2H3,(H,22,23)(H,24,25,26,27). The number of hydrogen-bond acceptors (Lipinski definition) is 8. The first-order valence-electron chi connectivity index (χ1n) is 10.2. The van der Waals surface area contributed by atoms with Gasteiger partial charge < -0.3 is 14.8 Å². The van der Waals surface area contributed by atoms with Crippen LogP contribution in [0.2, 0.25) is 0 Å². The summed E-state index contributed by atoms with van der Waals surface area (Å²) in [6.45, 7) is 5.59. The van der Waals surface area contributed by atoms with Gasteiger partial charge in [-0.3, -0.25) is 4.90 Å². The summed E-state index contributed by atoms with van der Waals surface area (Å²) in [5.74, 6) is 3.01. The van der Waals surface area contributed by atoms with Crippen molar-refractivity contribution >= 4 is 5.82 Å². The number of H-pyrrole nitrogens is 1. The van der Waals surface area contributed by atoms with Gasteiger partial charge in [0, 0.05) is 37.4 Å². The first-order chi connectivity index (χ1) is 14.7. The summed E-state index contributed by atoms with van der Waals surface area (Å²) in [4.78, 5) is 6.96. The minimum Gasteiger partial charge on any atom is -0.493 e. The van der Waals surface area contributed by atoms with E-state index in [1.807, 2.05) is 25.1 Å². The third-order valence-electron chi connectivity index (χ3n) is 5.24. The van der Waals surface area contributed by atoms with Crippen LogP contribution >= 0.6 is 0 Å². The van der Waals surface area contributed by atoms with Crippen LogP contribution in [0.15, 0.2) is 36.5 Å². The Labute approximate surface area is 175 Å². The van der Waals surface area contributed by atoms with Crippen molar-refractivity contribution < 1.29 is 9.47 Å². The summed E-state index contributed by atoms with van der Waals surface area (Å²) < 4.78 is 11.1. The predicted molar refractivity (Wildman–Crippen MR) is 113 cm³/mol. The smallest absolute Gasteiger partial charge is 0.206 e. The third-order valence-corrected chi connectivity index (χ3v) is 5.24. The molecule has 0 saturated carbocycles. The van der Waals surface area contributed by atoms with Crippen LogP contribution in [0.4, 0.5) is 5.82 Å². The molecular weight excluding hydrogens is 382 g/mol. The van der Waals surface area contributed by atoms with Crippen LogP contribution < -0.4 is 14.8 Å². The molecule has 0 bridgehead atoms. The molecule has 3 heterocycles. The van der Waals surface area contributed by atoms with Crippen molar-refractivity contribution in [1.29, 1.82) is 0 Å². The molecule has 1 saturated heterocycles. The van der Waals surface area contributed by atoms with E-state index in [-0.39, 0.29) is 0 Å². The highest BCUT2D eigenvalue weighted by molar-refractivity contribution is 5.55. The van der Waals surface area contributed by atoms with E-state index in [0.717, 1.165) is 55.4 Å². The summed E-state index contributed by atoms with van der Waals surface area (Å²) in [6, 6.07) is 10.5. The highest BCUT2D eigenvalue weighted by Crippen LogP contribution is 2.29. The fourth-order valence-electron chi connectivity index (χ4n) is 3.69. The van der Waals surface area contributed by atoms with Gasteiger partial charge in [-0.05, 0) is 54.8 Å². The third kappa shape index (κ3) is 4.85. The van der Waals surface area contributed by atoms with Gasteiger partial charge in [0.2, 0.25) is 5.82 Å². The molecule has 1 aromatic carbocycles. The monoisotopic (exact) mass is 409 g/mol. The minimum atomic E-state index is 0.416. The van der Waals surface area contributed by atoms with E-state index in [1.165, 1.54) is 5.56 Å². The van der Waals surface area contributed by atoms with E-state index in [0.29, 0.717) is 18.5 Å². The van der Waals surface area contributed by atoms with Crippen LogP contribution in [0, 0.1) is 0 Å². The second-order valence-electron chi connectivity index (χ2n) is 7.28. The molecule has 0 unspecified atom stereocenters. The summed E-state index contributed by atoms with van der Waals surface area (Å²) in [6.07, 6.45) is 3.91. The van der Waals surface area contributed by atoms with Gasteiger partial charge in [-0.25, -0.2) is 4.98 Å². The number of rotatable bonds is 8. The van der Waals surface area contributed by atoms with Crippen molar-refractivity contribution in [1.82, 2.24) is 30.5 Å². The van der Waals surface area contributed by atoms with Crippen LogP contribution in [0.25, 0.3) is 11.4 Å². The van der Waals surface area contributed by atoms with Gasteiger partial charge in [0.05, 0.1) is 13.7 Å². The van der Waals surface area contributed by atoms with Gasteiger partial charge in [-0.15, -0.1) is 10.2 Å². The van der Waals surface area contributed by atoms with E-state index in [4.69, 9.17) is 9.47 Å². The average Bonchev–Trinajstić information content (AvgIpc) is 3.31. The molecule has 0 amide bonds. The van der Waals surface area contributed by atoms with Crippen molar-refractivity contribution in [2.45, 2.75) is 32.4 Å². The zero-order valence-electron chi connectivity index (χ0n) is 17.3. The van der Waals surface area contributed by atoms with Crippen LogP contribution in [0.3, 0.4) is 0 Å². The number of hydrogen-bond donors (Lipinski definition) is 2. The van der Waals surface area contributed by atoms with Crippen LogP contribution in [-0.2, 0) is 6.54 Å². The van der Waals surface area contributed by atoms with E-state index in [9.17, 15) is 0 Å². The minimum absolute atomic E-state index is 0.416. The maximum Gasteiger partial charge on any atom is 0.206 e. The van der Waals surface area contributed by atoms with Gasteiger partial charge in [0.15, 0.2) is 11.5 Å². The lowest BCUT2D eigenvalue weighted by atomic mass is 10.0. The molecule has 9 heteroatoms. The number of aromatic nitrogens is 5. The number of pyridine rings is 1. The Morgan fingerprint density at radius 3 is 2.70 bits per heavy atom. The van der Waals surface area contributed by atoms with Crippen molar-refractivity contribution in [2.24, 2.45) is 0 Å². The van der Waals surface area contributed by atoms with Gasteiger partial charge in [0.25, 0.3) is 0 Å². The van der Waals surface area contributed by atoms with Crippen molar-refractivity contribution in [2.75, 3.05) is 32.1 Å². The molecule has 1 aliphatic heterocycles.